The zero-order chi connectivity index (χ0) is 13.2. The molecule has 3 N–H and O–H groups in total. The van der Waals surface area contributed by atoms with Gasteiger partial charge in [0.2, 0.25) is 10.0 Å². The Balaban J connectivity index is 2.30. The first-order valence-corrected chi connectivity index (χ1v) is 7.10. The van der Waals surface area contributed by atoms with E-state index in [0.717, 1.165) is 6.07 Å². The molecule has 1 aliphatic rings. The Morgan fingerprint density at radius 3 is 2.89 bits per heavy atom. The van der Waals surface area contributed by atoms with Gasteiger partial charge < -0.3 is 10.5 Å². The minimum absolute atomic E-state index is 0.0394. The van der Waals surface area contributed by atoms with Crippen molar-refractivity contribution in [1.82, 2.24) is 4.72 Å². The van der Waals surface area contributed by atoms with Gasteiger partial charge in [0.05, 0.1) is 11.5 Å². The molecular weight excluding hydrogens is 259 g/mol. The molecule has 18 heavy (non-hydrogen) atoms. The van der Waals surface area contributed by atoms with E-state index in [-0.39, 0.29) is 17.5 Å². The Bertz CT molecular complexity index is 527. The maximum atomic E-state index is 13.2. The summed E-state index contributed by atoms with van der Waals surface area (Å²) in [5, 5.41) is 0. The second-order valence-electron chi connectivity index (χ2n) is 4.14. The molecule has 0 aromatic heterocycles. The largest absolute Gasteiger partial charge is 0.380 e. The highest BCUT2D eigenvalue weighted by molar-refractivity contribution is 7.89. The Morgan fingerprint density at radius 1 is 1.50 bits per heavy atom. The van der Waals surface area contributed by atoms with Crippen molar-refractivity contribution < 1.29 is 17.5 Å². The first-order valence-electron chi connectivity index (χ1n) is 5.61. The third-order valence-corrected chi connectivity index (χ3v) is 4.39. The Hall–Kier alpha value is -1.02. The fourth-order valence-electron chi connectivity index (χ4n) is 1.86. The highest BCUT2D eigenvalue weighted by atomic mass is 32.2. The smallest absolute Gasteiger partial charge is 0.241 e. The number of hydrogen-bond acceptors (Lipinski definition) is 4. The van der Waals surface area contributed by atoms with Gasteiger partial charge in [-0.3, -0.25) is 0 Å². The van der Waals surface area contributed by atoms with Gasteiger partial charge in [-0.15, -0.1) is 0 Å². The van der Waals surface area contributed by atoms with Crippen LogP contribution in [0.15, 0.2) is 23.1 Å². The topological polar surface area (TPSA) is 81.4 Å². The van der Waals surface area contributed by atoms with Crippen molar-refractivity contribution in [3.63, 3.8) is 0 Å². The molecule has 7 heteroatoms. The number of rotatable bonds is 4. The van der Waals surface area contributed by atoms with Gasteiger partial charge in [0.15, 0.2) is 0 Å². The zero-order valence-electron chi connectivity index (χ0n) is 9.73. The molecule has 1 aliphatic heterocycles. The number of nitrogens with two attached hydrogens (primary N) is 1. The van der Waals surface area contributed by atoms with Crippen LogP contribution in [0, 0.1) is 5.82 Å². The fraction of sp³-hybridized carbons (Fsp3) is 0.455. The summed E-state index contributed by atoms with van der Waals surface area (Å²) in [7, 11) is -3.76. The van der Waals surface area contributed by atoms with Crippen LogP contribution in [0.25, 0.3) is 0 Å². The lowest BCUT2D eigenvalue weighted by Gasteiger charge is -2.14. The van der Waals surface area contributed by atoms with Crippen molar-refractivity contribution in [3.8, 4) is 0 Å². The van der Waals surface area contributed by atoms with Crippen LogP contribution in [-0.4, -0.2) is 27.7 Å². The molecule has 0 saturated carbocycles. The summed E-state index contributed by atoms with van der Waals surface area (Å²) in [6, 6.07) is 3.30. The molecule has 0 radical (unpaired) electrons. The monoisotopic (exact) mass is 274 g/mol. The number of benzene rings is 1. The summed E-state index contributed by atoms with van der Waals surface area (Å²) in [5.41, 5.74) is 5.86. The van der Waals surface area contributed by atoms with Crippen LogP contribution in [0.2, 0.25) is 0 Å². The lowest BCUT2D eigenvalue weighted by molar-refractivity contribution is 0.192. The fourth-order valence-corrected chi connectivity index (χ4v) is 3.37. The van der Waals surface area contributed by atoms with E-state index in [1.165, 1.54) is 12.1 Å². The van der Waals surface area contributed by atoms with Crippen molar-refractivity contribution in [2.75, 3.05) is 13.2 Å². The minimum Gasteiger partial charge on any atom is -0.380 e. The summed E-state index contributed by atoms with van der Waals surface area (Å²) >= 11 is 0. The molecule has 1 fully saturated rings. The summed E-state index contributed by atoms with van der Waals surface area (Å²) < 4.78 is 45.0. The molecule has 1 aromatic carbocycles. The van der Waals surface area contributed by atoms with Crippen molar-refractivity contribution in [3.05, 3.63) is 29.6 Å². The Kier molecular flexibility index (Phi) is 3.96. The van der Waals surface area contributed by atoms with Crippen molar-refractivity contribution in [2.24, 2.45) is 5.73 Å². The number of ether oxygens (including phenoxy) is 1. The molecule has 100 valence electrons. The van der Waals surface area contributed by atoms with Gasteiger partial charge >= 0.3 is 0 Å². The molecule has 1 unspecified atom stereocenters. The van der Waals surface area contributed by atoms with Gasteiger partial charge in [0, 0.05) is 19.2 Å². The van der Waals surface area contributed by atoms with E-state index in [4.69, 9.17) is 10.5 Å². The molecule has 0 aliphatic carbocycles. The van der Waals surface area contributed by atoms with Crippen LogP contribution in [0.3, 0.4) is 0 Å². The highest BCUT2D eigenvalue weighted by Crippen LogP contribution is 2.18. The van der Waals surface area contributed by atoms with Crippen LogP contribution in [-0.2, 0) is 21.3 Å². The third kappa shape index (κ3) is 2.86. The average molecular weight is 274 g/mol. The zero-order valence-corrected chi connectivity index (χ0v) is 10.5. The Labute approximate surface area is 105 Å². The van der Waals surface area contributed by atoms with E-state index in [1.807, 2.05) is 0 Å². The maximum absolute atomic E-state index is 13.2. The van der Waals surface area contributed by atoms with Crippen LogP contribution in [0.1, 0.15) is 12.0 Å². The van der Waals surface area contributed by atoms with Crippen LogP contribution >= 0.6 is 0 Å². The summed E-state index contributed by atoms with van der Waals surface area (Å²) in [5.74, 6) is -0.602. The highest BCUT2D eigenvalue weighted by Gasteiger charge is 2.25. The van der Waals surface area contributed by atoms with Gasteiger partial charge in [-0.25, -0.2) is 17.5 Å². The molecule has 0 bridgehead atoms. The standard InChI is InChI=1S/C11H15FN2O3S/c12-9-2-1-8(6-13)11(5-9)18(15,16)14-10-3-4-17-7-10/h1-2,5,10,14H,3-4,6-7,13H2. The molecule has 2 rings (SSSR count). The van der Waals surface area contributed by atoms with Gasteiger partial charge in [-0.2, -0.15) is 0 Å². The molecule has 1 saturated heterocycles. The summed E-state index contributed by atoms with van der Waals surface area (Å²) in [4.78, 5) is -0.100. The Morgan fingerprint density at radius 2 is 2.28 bits per heavy atom. The molecule has 1 aromatic rings. The second kappa shape index (κ2) is 5.31. The van der Waals surface area contributed by atoms with Gasteiger partial charge in [-0.1, -0.05) is 6.07 Å². The van der Waals surface area contributed by atoms with E-state index in [1.54, 1.807) is 0 Å². The predicted octanol–water partition coefficient (Wildman–Crippen LogP) is 0.352. The summed E-state index contributed by atoms with van der Waals surface area (Å²) in [6.07, 6.45) is 0.618. The lowest BCUT2D eigenvalue weighted by Crippen LogP contribution is -2.35. The van der Waals surface area contributed by atoms with Crippen molar-refractivity contribution in [2.45, 2.75) is 23.9 Å². The number of nitrogens with one attached hydrogen (secondary N) is 1. The third-order valence-electron chi connectivity index (χ3n) is 2.79. The first kappa shape index (κ1) is 13.4. The average Bonchev–Trinajstić information content (AvgIpc) is 2.81. The SMILES string of the molecule is NCc1ccc(F)cc1S(=O)(=O)NC1CCOC1. The summed E-state index contributed by atoms with van der Waals surface area (Å²) in [6.45, 7) is 0.907. The van der Waals surface area contributed by atoms with Gasteiger partial charge in [0.1, 0.15) is 5.82 Å². The van der Waals surface area contributed by atoms with Crippen molar-refractivity contribution in [1.29, 1.82) is 0 Å². The van der Waals surface area contributed by atoms with E-state index in [0.29, 0.717) is 25.2 Å². The molecular formula is C11H15FN2O3S. The second-order valence-corrected chi connectivity index (χ2v) is 5.82. The predicted molar refractivity (Wildman–Crippen MR) is 63.8 cm³/mol. The molecule has 1 atom stereocenters. The molecule has 5 nitrogen and oxygen atoms in total. The van der Waals surface area contributed by atoms with Crippen LogP contribution < -0.4 is 10.5 Å². The quantitative estimate of drug-likeness (QED) is 0.830. The van der Waals surface area contributed by atoms with Crippen LogP contribution in [0.4, 0.5) is 4.39 Å². The van der Waals surface area contributed by atoms with E-state index >= 15 is 0 Å². The molecule has 0 amide bonds. The van der Waals surface area contributed by atoms with E-state index in [9.17, 15) is 12.8 Å². The number of sulfonamides is 1. The lowest BCUT2D eigenvalue weighted by atomic mass is 10.2. The number of hydrogen-bond donors (Lipinski definition) is 2. The molecule has 1 heterocycles. The first-order chi connectivity index (χ1) is 8.53. The normalized spacial score (nSPS) is 20.2. The van der Waals surface area contributed by atoms with Crippen LogP contribution in [0.5, 0.6) is 0 Å². The van der Waals surface area contributed by atoms with Gasteiger partial charge in [0.25, 0.3) is 0 Å². The van der Waals surface area contributed by atoms with Crippen molar-refractivity contribution >= 4 is 10.0 Å². The van der Waals surface area contributed by atoms with E-state index < -0.39 is 15.8 Å². The molecule has 0 spiro atoms. The van der Waals surface area contributed by atoms with E-state index in [2.05, 4.69) is 4.72 Å². The number of halogens is 1. The minimum atomic E-state index is -3.76. The van der Waals surface area contributed by atoms with Gasteiger partial charge in [-0.05, 0) is 24.1 Å². The maximum Gasteiger partial charge on any atom is 0.241 e.